The Hall–Kier alpha value is -1.65. The van der Waals surface area contributed by atoms with Crippen molar-refractivity contribution in [1.29, 1.82) is 0 Å². The van der Waals surface area contributed by atoms with E-state index in [1.807, 2.05) is 30.7 Å². The van der Waals surface area contributed by atoms with Crippen LogP contribution in [0.15, 0.2) is 42.9 Å². The van der Waals surface area contributed by atoms with E-state index >= 15 is 0 Å². The second kappa shape index (κ2) is 7.22. The molecule has 1 aromatic heterocycles. The predicted molar refractivity (Wildman–Crippen MR) is 80.5 cm³/mol. The molecule has 1 aromatic carbocycles. The maximum Gasteiger partial charge on any atom is 0.0952 e. The molecule has 0 fully saturated rings. The second-order valence-electron chi connectivity index (χ2n) is 5.04. The lowest BCUT2D eigenvalue weighted by molar-refractivity contribution is 0.151. The molecule has 0 spiro atoms. The molecule has 0 aliphatic heterocycles. The second-order valence-corrected chi connectivity index (χ2v) is 5.04. The average molecular weight is 273 g/mol. The summed E-state index contributed by atoms with van der Waals surface area (Å²) in [4.78, 5) is 4.26. The van der Waals surface area contributed by atoms with Crippen LogP contribution in [-0.4, -0.2) is 23.3 Å². The Morgan fingerprint density at radius 2 is 2.05 bits per heavy atom. The molecule has 0 saturated heterocycles. The van der Waals surface area contributed by atoms with Gasteiger partial charge in [0.25, 0.3) is 0 Å². The number of hydrogen-bond donors (Lipinski definition) is 1. The third kappa shape index (κ3) is 3.46. The number of methoxy groups -OCH3 is 1. The molecule has 2 N–H and O–H groups in total. The zero-order valence-corrected chi connectivity index (χ0v) is 12.2. The topological polar surface area (TPSA) is 53.1 Å². The van der Waals surface area contributed by atoms with Crippen molar-refractivity contribution in [2.75, 3.05) is 13.7 Å². The molecule has 0 aliphatic carbocycles. The molecule has 0 saturated carbocycles. The molecular formula is C16H23N3O. The molecule has 0 aliphatic rings. The third-order valence-corrected chi connectivity index (χ3v) is 3.60. The minimum atomic E-state index is -0.0502. The van der Waals surface area contributed by atoms with Crippen molar-refractivity contribution < 1.29 is 4.74 Å². The van der Waals surface area contributed by atoms with Gasteiger partial charge in [0.15, 0.2) is 0 Å². The molecule has 0 amide bonds. The zero-order chi connectivity index (χ0) is 14.4. The maximum absolute atomic E-state index is 6.36. The highest BCUT2D eigenvalue weighted by atomic mass is 16.5. The number of ether oxygens (including phenoxy) is 1. The van der Waals surface area contributed by atoms with E-state index < -0.39 is 0 Å². The SMILES string of the molecule is CCC(COC)n1cncc1[C@H](N)Cc1ccccc1. The minimum Gasteiger partial charge on any atom is -0.383 e. The van der Waals surface area contributed by atoms with Crippen molar-refractivity contribution in [3.63, 3.8) is 0 Å². The van der Waals surface area contributed by atoms with Crippen LogP contribution in [0.5, 0.6) is 0 Å². The summed E-state index contributed by atoms with van der Waals surface area (Å²) in [5, 5.41) is 0. The van der Waals surface area contributed by atoms with Gasteiger partial charge in [-0.2, -0.15) is 0 Å². The molecule has 1 unspecified atom stereocenters. The fourth-order valence-corrected chi connectivity index (χ4v) is 2.47. The van der Waals surface area contributed by atoms with E-state index in [2.05, 4.69) is 28.6 Å². The summed E-state index contributed by atoms with van der Waals surface area (Å²) in [7, 11) is 1.73. The number of benzene rings is 1. The molecule has 2 atom stereocenters. The van der Waals surface area contributed by atoms with E-state index in [1.165, 1.54) is 5.56 Å². The van der Waals surface area contributed by atoms with Gasteiger partial charge in [-0.15, -0.1) is 0 Å². The van der Waals surface area contributed by atoms with Crippen LogP contribution in [0.3, 0.4) is 0 Å². The average Bonchev–Trinajstić information content (AvgIpc) is 2.95. The molecule has 2 aromatic rings. The van der Waals surface area contributed by atoms with Gasteiger partial charge < -0.3 is 15.0 Å². The molecule has 4 nitrogen and oxygen atoms in total. The van der Waals surface area contributed by atoms with Crippen molar-refractivity contribution in [3.8, 4) is 0 Å². The standard InChI is InChI=1S/C16H23N3O/c1-3-14(11-20-2)19-12-18-10-16(19)15(17)9-13-7-5-4-6-8-13/h4-8,10,12,14-15H,3,9,11,17H2,1-2H3/t14?,15-/m1/s1. The number of nitrogens with zero attached hydrogens (tertiary/aromatic N) is 2. The Kier molecular flexibility index (Phi) is 5.32. The van der Waals surface area contributed by atoms with E-state index in [9.17, 15) is 0 Å². The van der Waals surface area contributed by atoms with Crippen molar-refractivity contribution in [3.05, 3.63) is 54.1 Å². The van der Waals surface area contributed by atoms with Gasteiger partial charge in [-0.25, -0.2) is 4.98 Å². The number of rotatable bonds is 7. The van der Waals surface area contributed by atoms with Gasteiger partial charge in [-0.05, 0) is 18.4 Å². The number of nitrogens with two attached hydrogens (primary N) is 1. The van der Waals surface area contributed by atoms with Gasteiger partial charge in [0.2, 0.25) is 0 Å². The first-order valence-electron chi connectivity index (χ1n) is 7.06. The van der Waals surface area contributed by atoms with E-state index in [1.54, 1.807) is 7.11 Å². The van der Waals surface area contributed by atoms with Gasteiger partial charge in [0.1, 0.15) is 0 Å². The van der Waals surface area contributed by atoms with Crippen LogP contribution in [0, 0.1) is 0 Å². The monoisotopic (exact) mass is 273 g/mol. The first-order valence-corrected chi connectivity index (χ1v) is 7.06. The fraction of sp³-hybridized carbons (Fsp3) is 0.438. The molecule has 108 valence electrons. The lowest BCUT2D eigenvalue weighted by Gasteiger charge is -2.21. The molecule has 1 heterocycles. The number of aromatic nitrogens is 2. The Balaban J connectivity index is 2.14. The molecule has 2 rings (SSSR count). The van der Waals surface area contributed by atoms with Crippen molar-refractivity contribution in [1.82, 2.24) is 9.55 Å². The van der Waals surface area contributed by atoms with Crippen LogP contribution in [0.4, 0.5) is 0 Å². The third-order valence-electron chi connectivity index (χ3n) is 3.60. The molecule has 0 bridgehead atoms. The highest BCUT2D eigenvalue weighted by Crippen LogP contribution is 2.21. The first kappa shape index (κ1) is 14.8. The summed E-state index contributed by atoms with van der Waals surface area (Å²) < 4.78 is 7.43. The lowest BCUT2D eigenvalue weighted by Crippen LogP contribution is -2.22. The van der Waals surface area contributed by atoms with Crippen molar-refractivity contribution in [2.24, 2.45) is 5.73 Å². The van der Waals surface area contributed by atoms with E-state index in [-0.39, 0.29) is 6.04 Å². The van der Waals surface area contributed by atoms with Crippen molar-refractivity contribution in [2.45, 2.75) is 31.8 Å². The normalized spacial score (nSPS) is 14.2. The Labute approximate surface area is 120 Å². The Bertz CT molecular complexity index is 509. The van der Waals surface area contributed by atoms with E-state index in [4.69, 9.17) is 10.5 Å². The highest BCUT2D eigenvalue weighted by molar-refractivity contribution is 5.18. The van der Waals surface area contributed by atoms with Gasteiger partial charge >= 0.3 is 0 Å². The first-order chi connectivity index (χ1) is 9.76. The summed E-state index contributed by atoms with van der Waals surface area (Å²) >= 11 is 0. The summed E-state index contributed by atoms with van der Waals surface area (Å²) in [5.41, 5.74) is 8.67. The van der Waals surface area contributed by atoms with E-state index in [0.717, 1.165) is 18.5 Å². The van der Waals surface area contributed by atoms with Crippen molar-refractivity contribution >= 4 is 0 Å². The largest absolute Gasteiger partial charge is 0.383 e. The van der Waals surface area contributed by atoms with Crippen LogP contribution in [-0.2, 0) is 11.2 Å². The van der Waals surface area contributed by atoms with Gasteiger partial charge in [0, 0.05) is 13.3 Å². The molecular weight excluding hydrogens is 250 g/mol. The Morgan fingerprint density at radius 3 is 2.70 bits per heavy atom. The van der Waals surface area contributed by atoms with E-state index in [0.29, 0.717) is 12.6 Å². The molecule has 4 heteroatoms. The zero-order valence-electron chi connectivity index (χ0n) is 12.2. The summed E-state index contributed by atoms with van der Waals surface area (Å²) in [5.74, 6) is 0. The van der Waals surface area contributed by atoms with Crippen LogP contribution in [0.1, 0.15) is 36.7 Å². The maximum atomic E-state index is 6.36. The van der Waals surface area contributed by atoms with Gasteiger partial charge in [0.05, 0.1) is 30.7 Å². The van der Waals surface area contributed by atoms with Crippen LogP contribution >= 0.6 is 0 Å². The van der Waals surface area contributed by atoms with Gasteiger partial charge in [-0.1, -0.05) is 37.3 Å². The number of imidazole rings is 1. The van der Waals surface area contributed by atoms with Crippen LogP contribution in [0.2, 0.25) is 0 Å². The van der Waals surface area contributed by atoms with Crippen LogP contribution in [0.25, 0.3) is 0 Å². The summed E-state index contributed by atoms with van der Waals surface area (Å²) in [6.07, 6.45) is 5.53. The quantitative estimate of drug-likeness (QED) is 0.844. The lowest BCUT2D eigenvalue weighted by atomic mass is 10.0. The minimum absolute atomic E-state index is 0.0502. The van der Waals surface area contributed by atoms with Crippen LogP contribution < -0.4 is 5.73 Å². The molecule has 20 heavy (non-hydrogen) atoms. The predicted octanol–water partition coefficient (Wildman–Crippen LogP) is 2.72. The fourth-order valence-electron chi connectivity index (χ4n) is 2.47. The summed E-state index contributed by atoms with van der Waals surface area (Å²) in [6.45, 7) is 2.83. The highest BCUT2D eigenvalue weighted by Gasteiger charge is 2.17. The summed E-state index contributed by atoms with van der Waals surface area (Å²) in [6, 6.07) is 10.5. The smallest absolute Gasteiger partial charge is 0.0952 e. The van der Waals surface area contributed by atoms with Gasteiger partial charge in [-0.3, -0.25) is 0 Å². The number of hydrogen-bond acceptors (Lipinski definition) is 3. The Morgan fingerprint density at radius 1 is 1.30 bits per heavy atom. The molecule has 0 radical (unpaired) electrons.